The minimum absolute atomic E-state index is 0.176. The monoisotopic (exact) mass is 300 g/mol. The predicted molar refractivity (Wildman–Crippen MR) is 75.4 cm³/mol. The van der Waals surface area contributed by atoms with Gasteiger partial charge in [-0.25, -0.2) is 4.79 Å². The van der Waals surface area contributed by atoms with Crippen LogP contribution in [0.15, 0.2) is 18.2 Å². The minimum atomic E-state index is -0.994. The Balaban J connectivity index is 2.31. The third-order valence-corrected chi connectivity index (χ3v) is 4.53. The van der Waals surface area contributed by atoms with Gasteiger partial charge in [-0.3, -0.25) is 4.79 Å². The van der Waals surface area contributed by atoms with E-state index >= 15 is 0 Å². The van der Waals surface area contributed by atoms with Gasteiger partial charge in [0, 0.05) is 11.3 Å². The number of carbonyl (C=O) groups excluding carboxylic acids is 1. The van der Waals surface area contributed by atoms with Crippen LogP contribution in [0.4, 0.5) is 5.69 Å². The van der Waals surface area contributed by atoms with Gasteiger partial charge in [0.15, 0.2) is 0 Å². The standard InChI is InChI=1S/C12H13ClN2O3S/c1-6-15(10(5-19-6)12(17)18)11(16)7-2-3-9(14)8(13)4-7/h2-4,6,10H,5,14H2,1H3,(H,17,18). The summed E-state index contributed by atoms with van der Waals surface area (Å²) in [5.74, 6) is -0.941. The second-order valence-electron chi connectivity index (χ2n) is 4.24. The van der Waals surface area contributed by atoms with E-state index in [9.17, 15) is 9.59 Å². The van der Waals surface area contributed by atoms with E-state index in [0.29, 0.717) is 17.0 Å². The number of thioether (sulfide) groups is 1. The number of hydrogen-bond donors (Lipinski definition) is 2. The molecule has 2 rings (SSSR count). The lowest BCUT2D eigenvalue weighted by Gasteiger charge is -2.25. The van der Waals surface area contributed by atoms with E-state index < -0.39 is 12.0 Å². The second-order valence-corrected chi connectivity index (χ2v) is 5.99. The molecule has 0 radical (unpaired) electrons. The van der Waals surface area contributed by atoms with Gasteiger partial charge in [-0.1, -0.05) is 11.6 Å². The Morgan fingerprint density at radius 1 is 1.53 bits per heavy atom. The summed E-state index contributed by atoms with van der Waals surface area (Å²) in [5.41, 5.74) is 6.32. The summed E-state index contributed by atoms with van der Waals surface area (Å²) in [7, 11) is 0. The Bertz CT molecular complexity index is 538. The van der Waals surface area contributed by atoms with E-state index in [4.69, 9.17) is 22.4 Å². The fourth-order valence-electron chi connectivity index (χ4n) is 1.95. The van der Waals surface area contributed by atoms with Crippen LogP contribution in [-0.2, 0) is 4.79 Å². The van der Waals surface area contributed by atoms with Gasteiger partial charge in [-0.2, -0.15) is 0 Å². The molecule has 1 aromatic carbocycles. The quantitative estimate of drug-likeness (QED) is 0.815. The summed E-state index contributed by atoms with van der Waals surface area (Å²) < 4.78 is 0. The van der Waals surface area contributed by atoms with Crippen LogP contribution in [-0.4, -0.2) is 39.1 Å². The highest BCUT2D eigenvalue weighted by Crippen LogP contribution is 2.31. The van der Waals surface area contributed by atoms with Crippen LogP contribution in [0.3, 0.4) is 0 Å². The van der Waals surface area contributed by atoms with E-state index in [2.05, 4.69) is 0 Å². The number of carboxylic acids is 1. The van der Waals surface area contributed by atoms with Crippen molar-refractivity contribution in [2.45, 2.75) is 18.3 Å². The Hall–Kier alpha value is -1.40. The van der Waals surface area contributed by atoms with Crippen LogP contribution in [0.1, 0.15) is 17.3 Å². The number of nitrogen functional groups attached to an aromatic ring is 1. The zero-order valence-electron chi connectivity index (χ0n) is 10.2. The molecule has 0 bridgehead atoms. The smallest absolute Gasteiger partial charge is 0.327 e. The molecule has 7 heteroatoms. The Labute approximate surface area is 119 Å². The molecule has 2 atom stereocenters. The van der Waals surface area contributed by atoms with Crippen molar-refractivity contribution in [2.24, 2.45) is 0 Å². The molecule has 0 spiro atoms. The molecule has 2 unspecified atom stereocenters. The average molecular weight is 301 g/mol. The molecule has 1 aromatic rings. The molecular formula is C12H13ClN2O3S. The highest BCUT2D eigenvalue weighted by Gasteiger charge is 2.39. The summed E-state index contributed by atoms with van der Waals surface area (Å²) in [5, 5.41) is 9.26. The Morgan fingerprint density at radius 2 is 2.21 bits per heavy atom. The van der Waals surface area contributed by atoms with Crippen LogP contribution >= 0.6 is 23.4 Å². The van der Waals surface area contributed by atoms with Gasteiger partial charge in [-0.15, -0.1) is 11.8 Å². The van der Waals surface area contributed by atoms with Crippen molar-refractivity contribution < 1.29 is 14.7 Å². The number of aliphatic carboxylic acids is 1. The molecule has 1 aliphatic heterocycles. The number of rotatable bonds is 2. The summed E-state index contributed by atoms with van der Waals surface area (Å²) in [6.07, 6.45) is 0. The summed E-state index contributed by atoms with van der Waals surface area (Å²) in [6, 6.07) is 3.76. The first-order valence-corrected chi connectivity index (χ1v) is 7.06. The normalized spacial score (nSPS) is 22.5. The van der Waals surface area contributed by atoms with Crippen LogP contribution < -0.4 is 5.73 Å². The zero-order valence-corrected chi connectivity index (χ0v) is 11.7. The van der Waals surface area contributed by atoms with Crippen LogP contribution in [0.5, 0.6) is 0 Å². The maximum atomic E-state index is 12.4. The maximum Gasteiger partial charge on any atom is 0.327 e. The van der Waals surface area contributed by atoms with Crippen molar-refractivity contribution in [3.63, 3.8) is 0 Å². The molecule has 19 heavy (non-hydrogen) atoms. The molecule has 0 saturated carbocycles. The van der Waals surface area contributed by atoms with Crippen molar-refractivity contribution in [1.29, 1.82) is 0 Å². The minimum Gasteiger partial charge on any atom is -0.480 e. The van der Waals surface area contributed by atoms with Gasteiger partial charge in [0.2, 0.25) is 0 Å². The van der Waals surface area contributed by atoms with Crippen molar-refractivity contribution in [3.8, 4) is 0 Å². The first-order valence-electron chi connectivity index (χ1n) is 5.64. The molecule has 1 saturated heterocycles. The Kier molecular flexibility index (Phi) is 3.91. The molecule has 0 aromatic heterocycles. The van der Waals surface area contributed by atoms with E-state index in [1.165, 1.54) is 22.7 Å². The Morgan fingerprint density at radius 3 is 2.79 bits per heavy atom. The largest absolute Gasteiger partial charge is 0.480 e. The highest BCUT2D eigenvalue weighted by molar-refractivity contribution is 8.00. The van der Waals surface area contributed by atoms with Crippen molar-refractivity contribution in [3.05, 3.63) is 28.8 Å². The number of hydrogen-bond acceptors (Lipinski definition) is 4. The third-order valence-electron chi connectivity index (χ3n) is 2.99. The molecule has 1 amide bonds. The molecule has 1 aliphatic rings. The van der Waals surface area contributed by atoms with E-state index in [1.54, 1.807) is 12.1 Å². The number of halogens is 1. The summed E-state index contributed by atoms with van der Waals surface area (Å²) in [6.45, 7) is 1.81. The van der Waals surface area contributed by atoms with Crippen molar-refractivity contribution in [1.82, 2.24) is 4.90 Å². The summed E-state index contributed by atoms with van der Waals surface area (Å²) in [4.78, 5) is 24.9. The van der Waals surface area contributed by atoms with Crippen molar-refractivity contribution in [2.75, 3.05) is 11.5 Å². The lowest BCUT2D eigenvalue weighted by molar-refractivity contribution is -0.141. The third kappa shape index (κ3) is 2.64. The van der Waals surface area contributed by atoms with Crippen molar-refractivity contribution >= 4 is 40.9 Å². The molecular weight excluding hydrogens is 288 g/mol. The average Bonchev–Trinajstić information content (AvgIpc) is 2.74. The molecule has 3 N–H and O–H groups in total. The highest BCUT2D eigenvalue weighted by atomic mass is 35.5. The number of nitrogens with two attached hydrogens (primary N) is 1. The fraction of sp³-hybridized carbons (Fsp3) is 0.333. The van der Waals surface area contributed by atoms with Gasteiger partial charge in [0.1, 0.15) is 6.04 Å². The van der Waals surface area contributed by atoms with Gasteiger partial charge in [0.25, 0.3) is 5.91 Å². The number of carbonyl (C=O) groups is 2. The fourth-order valence-corrected chi connectivity index (χ4v) is 3.30. The molecule has 1 heterocycles. The number of anilines is 1. The maximum absolute atomic E-state index is 12.4. The lowest BCUT2D eigenvalue weighted by Crippen LogP contribution is -2.44. The predicted octanol–water partition coefficient (Wildman–Crippen LogP) is 1.91. The van der Waals surface area contributed by atoms with E-state index in [-0.39, 0.29) is 16.3 Å². The SMILES string of the molecule is CC1SCC(C(=O)O)N1C(=O)c1ccc(N)c(Cl)c1. The molecule has 102 valence electrons. The topological polar surface area (TPSA) is 83.6 Å². The number of carboxylic acid groups (broad SMARTS) is 1. The van der Waals surface area contributed by atoms with Crippen LogP contribution in [0.25, 0.3) is 0 Å². The van der Waals surface area contributed by atoms with Gasteiger partial charge in [0.05, 0.1) is 16.1 Å². The van der Waals surface area contributed by atoms with Crippen LogP contribution in [0.2, 0.25) is 5.02 Å². The van der Waals surface area contributed by atoms with Gasteiger partial charge in [-0.05, 0) is 25.1 Å². The van der Waals surface area contributed by atoms with E-state index in [0.717, 1.165) is 0 Å². The number of benzene rings is 1. The first kappa shape index (κ1) is 14.0. The second kappa shape index (κ2) is 5.30. The molecule has 0 aliphatic carbocycles. The first-order chi connectivity index (χ1) is 8.91. The number of nitrogens with zero attached hydrogens (tertiary/aromatic N) is 1. The number of amides is 1. The zero-order chi connectivity index (χ0) is 14.2. The molecule has 1 fully saturated rings. The van der Waals surface area contributed by atoms with Crippen LogP contribution in [0, 0.1) is 0 Å². The van der Waals surface area contributed by atoms with E-state index in [1.807, 2.05) is 6.92 Å². The summed E-state index contributed by atoms with van der Waals surface area (Å²) >= 11 is 7.32. The van der Waals surface area contributed by atoms with Gasteiger partial charge >= 0.3 is 5.97 Å². The lowest BCUT2D eigenvalue weighted by atomic mass is 10.1. The van der Waals surface area contributed by atoms with Gasteiger partial charge < -0.3 is 15.7 Å². The molecule has 5 nitrogen and oxygen atoms in total.